The van der Waals surface area contributed by atoms with Crippen molar-refractivity contribution in [2.45, 2.75) is 25.3 Å². The van der Waals surface area contributed by atoms with Gasteiger partial charge in [0.15, 0.2) is 5.69 Å². The molecule has 0 aliphatic carbocycles. The van der Waals surface area contributed by atoms with Gasteiger partial charge in [-0.15, -0.1) is 0 Å². The van der Waals surface area contributed by atoms with E-state index in [-0.39, 0.29) is 17.5 Å². The molecule has 1 saturated heterocycles. The molecular weight excluding hydrogens is 386 g/mol. The first kappa shape index (κ1) is 19.2. The molecule has 0 radical (unpaired) electrons. The summed E-state index contributed by atoms with van der Waals surface area (Å²) in [6, 6.07) is 26.9. The van der Waals surface area contributed by atoms with Gasteiger partial charge >= 0.3 is 0 Å². The van der Waals surface area contributed by atoms with E-state index in [2.05, 4.69) is 17.2 Å². The fraction of sp³-hybridized carbons (Fsp3) is 0.192. The van der Waals surface area contributed by atoms with E-state index in [1.807, 2.05) is 71.6 Å². The molecule has 1 atom stereocenters. The van der Waals surface area contributed by atoms with Gasteiger partial charge in [0.1, 0.15) is 0 Å². The molecule has 5 heteroatoms. The Bertz CT molecular complexity index is 1280. The molecule has 1 aromatic heterocycles. The first-order chi connectivity index (χ1) is 15.2. The summed E-state index contributed by atoms with van der Waals surface area (Å²) < 4.78 is 1.35. The Morgan fingerprint density at radius 3 is 2.26 bits per heavy atom. The number of nitrogens with zero attached hydrogens (tertiary/aromatic N) is 3. The lowest BCUT2D eigenvalue weighted by Gasteiger charge is -2.25. The molecule has 31 heavy (non-hydrogen) atoms. The maximum absolute atomic E-state index is 13.7. The summed E-state index contributed by atoms with van der Waals surface area (Å²) in [5.41, 5.74) is 1.98. The third-order valence-electron chi connectivity index (χ3n) is 5.96. The lowest BCUT2D eigenvalue weighted by atomic mass is 10.0. The van der Waals surface area contributed by atoms with E-state index < -0.39 is 0 Å². The average Bonchev–Trinajstić information content (AvgIpc) is 3.28. The molecular formula is C26H23N3O2. The minimum atomic E-state index is -0.222. The third-order valence-corrected chi connectivity index (χ3v) is 5.96. The molecule has 154 valence electrons. The minimum absolute atomic E-state index is 0.112. The number of aromatic nitrogens is 2. The summed E-state index contributed by atoms with van der Waals surface area (Å²) in [6.45, 7) is 0.705. The molecule has 0 N–H and O–H groups in total. The zero-order valence-corrected chi connectivity index (χ0v) is 17.1. The van der Waals surface area contributed by atoms with Crippen molar-refractivity contribution < 1.29 is 4.79 Å². The van der Waals surface area contributed by atoms with Crippen LogP contribution in [0.1, 0.15) is 28.9 Å². The van der Waals surface area contributed by atoms with E-state index in [1.54, 1.807) is 6.07 Å². The second-order valence-corrected chi connectivity index (χ2v) is 7.93. The standard InChI is InChI=1S/C26H23N3O2/c30-25-23-16-8-7-15-22(23)24(27-29(25)20-12-5-2-6-13-20)26(31)28-17-9-14-21(28)18-19-10-3-1-4-11-19/h1-8,10-13,15-16,21H,9,14,17-18H2. The number of likely N-dealkylation sites (tertiary alicyclic amines) is 1. The Balaban J connectivity index is 1.58. The molecule has 5 nitrogen and oxygen atoms in total. The van der Waals surface area contributed by atoms with E-state index in [4.69, 9.17) is 0 Å². The Morgan fingerprint density at radius 1 is 0.871 bits per heavy atom. The number of para-hydroxylation sites is 1. The number of amides is 1. The van der Waals surface area contributed by atoms with E-state index in [0.717, 1.165) is 19.3 Å². The largest absolute Gasteiger partial charge is 0.334 e. The number of rotatable bonds is 4. The van der Waals surface area contributed by atoms with Crippen LogP contribution in [0.15, 0.2) is 89.7 Å². The van der Waals surface area contributed by atoms with Crippen LogP contribution < -0.4 is 5.56 Å². The fourth-order valence-corrected chi connectivity index (χ4v) is 4.43. The first-order valence-corrected chi connectivity index (χ1v) is 10.6. The van der Waals surface area contributed by atoms with Crippen LogP contribution in [-0.2, 0) is 6.42 Å². The van der Waals surface area contributed by atoms with Crippen LogP contribution in [-0.4, -0.2) is 33.2 Å². The van der Waals surface area contributed by atoms with Crippen molar-refractivity contribution in [3.63, 3.8) is 0 Å². The molecule has 1 aliphatic heterocycles. The molecule has 0 spiro atoms. The lowest BCUT2D eigenvalue weighted by molar-refractivity contribution is 0.0731. The highest BCUT2D eigenvalue weighted by Crippen LogP contribution is 2.25. The van der Waals surface area contributed by atoms with Gasteiger partial charge in [-0.25, -0.2) is 0 Å². The van der Waals surface area contributed by atoms with Crippen molar-refractivity contribution in [1.82, 2.24) is 14.7 Å². The van der Waals surface area contributed by atoms with Crippen LogP contribution in [0.5, 0.6) is 0 Å². The van der Waals surface area contributed by atoms with Crippen molar-refractivity contribution in [2.75, 3.05) is 6.54 Å². The van der Waals surface area contributed by atoms with Crippen LogP contribution in [0, 0.1) is 0 Å². The maximum Gasteiger partial charge on any atom is 0.279 e. The zero-order chi connectivity index (χ0) is 21.2. The zero-order valence-electron chi connectivity index (χ0n) is 17.1. The summed E-state index contributed by atoms with van der Waals surface area (Å²) in [6.07, 6.45) is 2.76. The lowest BCUT2D eigenvalue weighted by Crippen LogP contribution is -2.38. The van der Waals surface area contributed by atoms with Crippen molar-refractivity contribution in [2.24, 2.45) is 0 Å². The molecule has 1 amide bonds. The molecule has 1 aliphatic rings. The van der Waals surface area contributed by atoms with Crippen molar-refractivity contribution >= 4 is 16.7 Å². The van der Waals surface area contributed by atoms with E-state index in [0.29, 0.717) is 28.7 Å². The third kappa shape index (κ3) is 3.63. The predicted octanol–water partition coefficient (Wildman–Crippen LogP) is 4.23. The Kier molecular flexibility index (Phi) is 5.08. The quantitative estimate of drug-likeness (QED) is 0.507. The smallest absolute Gasteiger partial charge is 0.279 e. The first-order valence-electron chi connectivity index (χ1n) is 10.6. The molecule has 3 aromatic carbocycles. The molecule has 1 fully saturated rings. The van der Waals surface area contributed by atoms with Gasteiger partial charge in [-0.1, -0.05) is 66.7 Å². The summed E-state index contributed by atoms with van der Waals surface area (Å²) >= 11 is 0. The number of carbonyl (C=O) groups excluding carboxylic acids is 1. The highest BCUT2D eigenvalue weighted by atomic mass is 16.2. The number of fused-ring (bicyclic) bond motifs is 1. The fourth-order valence-electron chi connectivity index (χ4n) is 4.43. The summed E-state index contributed by atoms with van der Waals surface area (Å²) in [7, 11) is 0. The van der Waals surface area contributed by atoms with E-state index in [9.17, 15) is 9.59 Å². The predicted molar refractivity (Wildman–Crippen MR) is 122 cm³/mol. The van der Waals surface area contributed by atoms with Crippen LogP contribution in [0.25, 0.3) is 16.5 Å². The van der Waals surface area contributed by atoms with Crippen LogP contribution >= 0.6 is 0 Å². The Labute approximate surface area is 180 Å². The number of carbonyl (C=O) groups is 1. The van der Waals surface area contributed by atoms with Crippen LogP contribution in [0.3, 0.4) is 0 Å². The average molecular weight is 409 g/mol. The number of hydrogen-bond donors (Lipinski definition) is 0. The van der Waals surface area contributed by atoms with Crippen LogP contribution in [0.2, 0.25) is 0 Å². The Hall–Kier alpha value is -3.73. The Morgan fingerprint density at radius 2 is 1.52 bits per heavy atom. The van der Waals surface area contributed by atoms with Crippen molar-refractivity contribution in [1.29, 1.82) is 0 Å². The summed E-state index contributed by atoms with van der Waals surface area (Å²) in [5, 5.41) is 5.68. The highest BCUT2D eigenvalue weighted by Gasteiger charge is 2.32. The van der Waals surface area contributed by atoms with Crippen molar-refractivity contribution in [3.05, 3.63) is 107 Å². The normalized spacial score (nSPS) is 16.0. The van der Waals surface area contributed by atoms with Crippen LogP contribution in [0.4, 0.5) is 0 Å². The SMILES string of the molecule is O=C(c1nn(-c2ccccc2)c(=O)c2ccccc12)N1CCCC1Cc1ccccc1. The van der Waals surface area contributed by atoms with Gasteiger partial charge in [0.05, 0.1) is 11.1 Å². The van der Waals surface area contributed by atoms with Gasteiger partial charge < -0.3 is 4.90 Å². The maximum atomic E-state index is 13.7. The molecule has 5 rings (SSSR count). The van der Waals surface area contributed by atoms with Gasteiger partial charge in [0.25, 0.3) is 11.5 Å². The topological polar surface area (TPSA) is 55.2 Å². The van der Waals surface area contributed by atoms with E-state index >= 15 is 0 Å². The van der Waals surface area contributed by atoms with Gasteiger partial charge in [-0.05, 0) is 43.0 Å². The van der Waals surface area contributed by atoms with Crippen molar-refractivity contribution in [3.8, 4) is 5.69 Å². The van der Waals surface area contributed by atoms with Gasteiger partial charge in [-0.2, -0.15) is 9.78 Å². The molecule has 0 saturated carbocycles. The second-order valence-electron chi connectivity index (χ2n) is 7.93. The highest BCUT2D eigenvalue weighted by molar-refractivity contribution is 6.05. The van der Waals surface area contributed by atoms with E-state index in [1.165, 1.54) is 10.2 Å². The minimum Gasteiger partial charge on any atom is -0.334 e. The molecule has 0 bridgehead atoms. The molecule has 4 aromatic rings. The summed E-state index contributed by atoms with van der Waals surface area (Å²) in [4.78, 5) is 28.7. The summed E-state index contributed by atoms with van der Waals surface area (Å²) in [5.74, 6) is -0.112. The second kappa shape index (κ2) is 8.19. The monoisotopic (exact) mass is 409 g/mol. The molecule has 1 unspecified atom stereocenters. The van der Waals surface area contributed by atoms with Gasteiger partial charge in [0.2, 0.25) is 0 Å². The number of hydrogen-bond acceptors (Lipinski definition) is 3. The van der Waals surface area contributed by atoms with Gasteiger partial charge in [0, 0.05) is 18.0 Å². The molecule has 2 heterocycles. The van der Waals surface area contributed by atoms with Gasteiger partial charge in [-0.3, -0.25) is 9.59 Å². The number of benzene rings is 3.